The van der Waals surface area contributed by atoms with Gasteiger partial charge in [-0.05, 0) is 61.2 Å². The van der Waals surface area contributed by atoms with Gasteiger partial charge < -0.3 is 10.0 Å². The van der Waals surface area contributed by atoms with Gasteiger partial charge >= 0.3 is 0 Å². The lowest BCUT2D eigenvalue weighted by Crippen LogP contribution is -2.58. The van der Waals surface area contributed by atoms with Crippen molar-refractivity contribution in [3.05, 3.63) is 65.2 Å². The second kappa shape index (κ2) is 5.85. The van der Waals surface area contributed by atoms with E-state index in [1.807, 2.05) is 12.1 Å². The maximum absolute atomic E-state index is 10.1. The summed E-state index contributed by atoms with van der Waals surface area (Å²) in [6, 6.07) is 17.4. The summed E-state index contributed by atoms with van der Waals surface area (Å²) in [7, 11) is 2.25. The van der Waals surface area contributed by atoms with Gasteiger partial charge in [0.15, 0.2) is 0 Å². The number of hydrogen-bond acceptors (Lipinski definition) is 2. The molecule has 0 spiro atoms. The zero-order valence-electron chi connectivity index (χ0n) is 13.7. The zero-order valence-corrected chi connectivity index (χ0v) is 14.5. The van der Waals surface area contributed by atoms with Gasteiger partial charge in [0.2, 0.25) is 0 Å². The van der Waals surface area contributed by atoms with Gasteiger partial charge in [-0.1, -0.05) is 43.3 Å². The number of phenolic OH excluding ortho intramolecular Hbond substituents is 1. The van der Waals surface area contributed by atoms with Gasteiger partial charge in [0.1, 0.15) is 5.75 Å². The average Bonchev–Trinajstić information content (AvgIpc) is 2.53. The van der Waals surface area contributed by atoms with Gasteiger partial charge in [0, 0.05) is 11.5 Å². The second-order valence-electron chi connectivity index (χ2n) is 6.97. The summed E-state index contributed by atoms with van der Waals surface area (Å²) in [5.74, 6) is 0.932. The first-order valence-corrected chi connectivity index (χ1v) is 8.21. The Morgan fingerprint density at radius 2 is 1.87 bits per heavy atom. The van der Waals surface area contributed by atoms with E-state index in [9.17, 15) is 5.11 Å². The number of phenols is 1. The van der Waals surface area contributed by atoms with Gasteiger partial charge in [-0.2, -0.15) is 0 Å². The molecule has 1 fully saturated rings. The third kappa shape index (κ3) is 2.28. The Morgan fingerprint density at radius 1 is 1.13 bits per heavy atom. The molecular formula is C20H24ClNO. The van der Waals surface area contributed by atoms with Crippen LogP contribution in [0.15, 0.2) is 48.5 Å². The molecule has 0 radical (unpaired) electrons. The Balaban J connectivity index is 0.00000156. The minimum atomic E-state index is 0. The number of benzene rings is 2. The fourth-order valence-electron chi connectivity index (χ4n) is 4.85. The van der Waals surface area contributed by atoms with Gasteiger partial charge in [0.25, 0.3) is 0 Å². The van der Waals surface area contributed by atoms with E-state index in [0.717, 1.165) is 19.4 Å². The molecule has 3 heteroatoms. The Kier molecular flexibility index (Phi) is 4.16. The summed E-state index contributed by atoms with van der Waals surface area (Å²) in [5.41, 5.74) is 4.17. The summed E-state index contributed by atoms with van der Waals surface area (Å²) >= 11 is 0. The molecule has 1 aliphatic heterocycles. The van der Waals surface area contributed by atoms with Gasteiger partial charge in [-0.3, -0.25) is 0 Å². The largest absolute Gasteiger partial charge is 0.508 e. The molecule has 2 aliphatic rings. The van der Waals surface area contributed by atoms with Crippen molar-refractivity contribution < 1.29 is 5.11 Å². The van der Waals surface area contributed by atoms with Crippen LogP contribution >= 0.6 is 12.4 Å². The molecule has 3 atom stereocenters. The molecule has 0 unspecified atom stereocenters. The number of likely N-dealkylation sites (tertiary alicyclic amines) is 1. The highest BCUT2D eigenvalue weighted by Gasteiger charge is 2.51. The molecule has 2 aromatic rings. The van der Waals surface area contributed by atoms with E-state index in [4.69, 9.17) is 0 Å². The van der Waals surface area contributed by atoms with Crippen molar-refractivity contribution in [3.63, 3.8) is 0 Å². The molecular weight excluding hydrogens is 306 g/mol. The van der Waals surface area contributed by atoms with Crippen LogP contribution < -0.4 is 0 Å². The first-order chi connectivity index (χ1) is 10.6. The van der Waals surface area contributed by atoms with Crippen LogP contribution in [0.1, 0.15) is 30.0 Å². The normalized spacial score (nSPS) is 29.5. The molecule has 4 rings (SSSR count). The zero-order chi connectivity index (χ0) is 15.3. The highest BCUT2D eigenvalue weighted by molar-refractivity contribution is 5.85. The van der Waals surface area contributed by atoms with Crippen LogP contribution in [0, 0.1) is 5.92 Å². The Morgan fingerprint density at radius 3 is 2.61 bits per heavy atom. The number of likely N-dealkylation sites (N-methyl/N-ethyl adjacent to an activating group) is 1. The van der Waals surface area contributed by atoms with E-state index in [1.165, 1.54) is 16.7 Å². The second-order valence-corrected chi connectivity index (χ2v) is 6.97. The molecule has 2 nitrogen and oxygen atoms in total. The summed E-state index contributed by atoms with van der Waals surface area (Å²) in [6.45, 7) is 3.50. The molecule has 2 bridgehead atoms. The van der Waals surface area contributed by atoms with Gasteiger partial charge in [-0.25, -0.2) is 0 Å². The molecule has 2 aromatic carbocycles. The molecule has 0 saturated carbocycles. The number of piperidine rings is 1. The molecule has 0 amide bonds. The van der Waals surface area contributed by atoms with Crippen molar-refractivity contribution >= 4 is 12.4 Å². The summed E-state index contributed by atoms with van der Waals surface area (Å²) in [6.07, 6.45) is 2.20. The molecule has 1 aliphatic carbocycles. The molecule has 1 saturated heterocycles. The van der Waals surface area contributed by atoms with Crippen molar-refractivity contribution in [1.82, 2.24) is 4.90 Å². The van der Waals surface area contributed by atoms with Crippen LogP contribution in [-0.4, -0.2) is 29.6 Å². The number of fused-ring (bicyclic) bond motifs is 4. The summed E-state index contributed by atoms with van der Waals surface area (Å²) in [5, 5.41) is 10.1. The Bertz CT molecular complexity index is 702. The lowest BCUT2D eigenvalue weighted by atomic mass is 9.55. The van der Waals surface area contributed by atoms with Crippen LogP contribution in [-0.2, 0) is 11.8 Å². The van der Waals surface area contributed by atoms with Crippen molar-refractivity contribution in [2.75, 3.05) is 13.6 Å². The third-order valence-electron chi connectivity index (χ3n) is 6.07. The van der Waals surface area contributed by atoms with E-state index in [0.29, 0.717) is 17.7 Å². The quantitative estimate of drug-likeness (QED) is 0.855. The Hall–Kier alpha value is -1.51. The fraction of sp³-hybridized carbons (Fsp3) is 0.400. The predicted molar refractivity (Wildman–Crippen MR) is 96.5 cm³/mol. The first kappa shape index (κ1) is 16.4. The Labute approximate surface area is 144 Å². The van der Waals surface area contributed by atoms with Crippen molar-refractivity contribution in [2.24, 2.45) is 5.92 Å². The topological polar surface area (TPSA) is 23.5 Å². The lowest BCUT2D eigenvalue weighted by Gasteiger charge is -2.55. The number of aromatic hydroxyl groups is 1. The summed E-state index contributed by atoms with van der Waals surface area (Å²) in [4.78, 5) is 2.52. The molecule has 0 aromatic heterocycles. The van der Waals surface area contributed by atoms with Crippen LogP contribution in [0.4, 0.5) is 0 Å². The molecule has 1 N–H and O–H groups in total. The maximum atomic E-state index is 10.1. The minimum absolute atomic E-state index is 0. The van der Waals surface area contributed by atoms with Crippen molar-refractivity contribution in [2.45, 2.75) is 31.2 Å². The van der Waals surface area contributed by atoms with Crippen molar-refractivity contribution in [1.29, 1.82) is 0 Å². The number of hydrogen-bond donors (Lipinski definition) is 1. The highest BCUT2D eigenvalue weighted by Crippen LogP contribution is 2.52. The number of nitrogens with zero attached hydrogens (tertiary/aromatic N) is 1. The smallest absolute Gasteiger partial charge is 0.115 e. The lowest BCUT2D eigenvalue weighted by molar-refractivity contribution is 0.0613. The molecule has 1 heterocycles. The predicted octanol–water partition coefficient (Wildman–Crippen LogP) is 4.00. The molecule has 23 heavy (non-hydrogen) atoms. The van der Waals surface area contributed by atoms with E-state index in [-0.39, 0.29) is 17.8 Å². The van der Waals surface area contributed by atoms with E-state index < -0.39 is 0 Å². The van der Waals surface area contributed by atoms with Gasteiger partial charge in [-0.15, -0.1) is 12.4 Å². The van der Waals surface area contributed by atoms with E-state index in [2.05, 4.69) is 55.3 Å². The number of halogens is 1. The first-order valence-electron chi connectivity index (χ1n) is 8.21. The average molecular weight is 330 g/mol. The number of rotatable bonds is 1. The monoisotopic (exact) mass is 329 g/mol. The van der Waals surface area contributed by atoms with Crippen LogP contribution in [0.2, 0.25) is 0 Å². The molecule has 122 valence electrons. The van der Waals surface area contributed by atoms with Crippen LogP contribution in [0.5, 0.6) is 5.75 Å². The highest BCUT2D eigenvalue weighted by atomic mass is 35.5. The van der Waals surface area contributed by atoms with Crippen LogP contribution in [0.3, 0.4) is 0 Å². The maximum Gasteiger partial charge on any atom is 0.115 e. The standard InChI is InChI=1S/C20H23NO.ClH/c1-14-19-12-15-8-9-17(22)13-18(15)20(14,10-11-21(19)2)16-6-4-3-5-7-16;/h3-9,13-14,19,22H,10-12H2,1-2H3;1H/t14-,19+,20+;/m0./s1. The van der Waals surface area contributed by atoms with E-state index >= 15 is 0 Å². The summed E-state index contributed by atoms with van der Waals surface area (Å²) < 4.78 is 0. The van der Waals surface area contributed by atoms with Crippen molar-refractivity contribution in [3.8, 4) is 5.75 Å². The fourth-order valence-corrected chi connectivity index (χ4v) is 4.85. The van der Waals surface area contributed by atoms with Gasteiger partial charge in [0.05, 0.1) is 0 Å². The van der Waals surface area contributed by atoms with E-state index in [1.54, 1.807) is 0 Å². The van der Waals surface area contributed by atoms with Crippen LogP contribution in [0.25, 0.3) is 0 Å². The third-order valence-corrected chi connectivity index (χ3v) is 6.07. The minimum Gasteiger partial charge on any atom is -0.508 e. The SMILES string of the molecule is C[C@H]1[C@H]2Cc3ccc(O)cc3[C@]1(c1ccccc1)CCN2C.Cl.